The Balaban J connectivity index is 1.51. The van der Waals surface area contributed by atoms with Gasteiger partial charge in [0.2, 0.25) is 0 Å². The van der Waals surface area contributed by atoms with E-state index in [2.05, 4.69) is 19.9 Å². The number of pyridine rings is 1. The minimum Gasteiger partial charge on any atom is -0.307 e. The van der Waals surface area contributed by atoms with Gasteiger partial charge in [-0.1, -0.05) is 12.1 Å². The van der Waals surface area contributed by atoms with Crippen molar-refractivity contribution in [2.75, 3.05) is 13.1 Å². The lowest BCUT2D eigenvalue weighted by atomic mass is 10.0. The molecule has 0 amide bonds. The fourth-order valence-corrected chi connectivity index (χ4v) is 3.40. The van der Waals surface area contributed by atoms with E-state index in [1.54, 1.807) is 18.5 Å². The molecule has 0 unspecified atom stereocenters. The van der Waals surface area contributed by atoms with E-state index in [4.69, 9.17) is 0 Å². The summed E-state index contributed by atoms with van der Waals surface area (Å²) >= 11 is 0. The second kappa shape index (κ2) is 7.17. The number of nitrogens with zero attached hydrogens (tertiary/aromatic N) is 3. The number of aromatic amines is 1. The third kappa shape index (κ3) is 3.70. The Bertz CT molecular complexity index is 940. The zero-order chi connectivity index (χ0) is 17.9. The van der Waals surface area contributed by atoms with Gasteiger partial charge in [0.25, 0.3) is 5.56 Å². The van der Waals surface area contributed by atoms with E-state index >= 15 is 0 Å². The van der Waals surface area contributed by atoms with Crippen LogP contribution in [-0.4, -0.2) is 32.9 Å². The van der Waals surface area contributed by atoms with Gasteiger partial charge in [0.1, 0.15) is 11.6 Å². The highest BCUT2D eigenvalue weighted by Crippen LogP contribution is 2.27. The molecule has 0 bridgehead atoms. The Labute approximate surface area is 150 Å². The van der Waals surface area contributed by atoms with Crippen molar-refractivity contribution < 1.29 is 4.39 Å². The number of benzene rings is 1. The number of rotatable bonds is 4. The monoisotopic (exact) mass is 350 g/mol. The van der Waals surface area contributed by atoms with E-state index in [1.165, 1.54) is 12.1 Å². The summed E-state index contributed by atoms with van der Waals surface area (Å²) in [4.78, 5) is 25.9. The molecular weight excluding hydrogens is 331 g/mol. The molecule has 1 atom stereocenters. The fraction of sp³-hybridized carbons (Fsp3) is 0.250. The molecule has 1 saturated heterocycles. The molecule has 1 aliphatic rings. The van der Waals surface area contributed by atoms with E-state index in [9.17, 15) is 9.18 Å². The average molecular weight is 350 g/mol. The molecule has 26 heavy (non-hydrogen) atoms. The number of H-pyrrole nitrogens is 1. The number of aromatic nitrogens is 3. The third-order valence-corrected chi connectivity index (χ3v) is 4.73. The van der Waals surface area contributed by atoms with Gasteiger partial charge in [-0.05, 0) is 42.8 Å². The molecule has 4 rings (SSSR count). The third-order valence-electron chi connectivity index (χ3n) is 4.73. The predicted octanol–water partition coefficient (Wildman–Crippen LogP) is 2.96. The summed E-state index contributed by atoms with van der Waals surface area (Å²) in [7, 11) is 0. The maximum absolute atomic E-state index is 13.0. The molecule has 132 valence electrons. The Morgan fingerprint density at radius 2 is 1.92 bits per heavy atom. The lowest BCUT2D eigenvalue weighted by Crippen LogP contribution is -2.20. The van der Waals surface area contributed by atoms with E-state index in [1.807, 2.05) is 24.3 Å². The molecule has 1 aliphatic heterocycles. The molecular formula is C20H19FN4O. The first-order valence-corrected chi connectivity index (χ1v) is 8.66. The maximum Gasteiger partial charge on any atom is 0.251 e. The van der Waals surface area contributed by atoms with Crippen molar-refractivity contribution in [2.24, 2.45) is 0 Å². The number of nitrogens with one attached hydrogen (secondary N) is 1. The minimum absolute atomic E-state index is 0.140. The Morgan fingerprint density at radius 3 is 2.69 bits per heavy atom. The highest BCUT2D eigenvalue weighted by Gasteiger charge is 2.25. The first-order chi connectivity index (χ1) is 12.7. The first-order valence-electron chi connectivity index (χ1n) is 8.66. The molecule has 1 fully saturated rings. The van der Waals surface area contributed by atoms with Crippen molar-refractivity contribution in [3.8, 4) is 11.4 Å². The highest BCUT2D eigenvalue weighted by atomic mass is 19.1. The SMILES string of the molecule is O=c1cc([C@@H]2CCN(Cc3ccc(F)cc3)C2)nc(-c2ccncc2)[nH]1. The summed E-state index contributed by atoms with van der Waals surface area (Å²) in [5, 5.41) is 0. The van der Waals surface area contributed by atoms with Gasteiger partial charge in [0.05, 0.1) is 5.69 Å². The number of likely N-dealkylation sites (tertiary alicyclic amines) is 1. The molecule has 1 N–H and O–H groups in total. The van der Waals surface area contributed by atoms with Gasteiger partial charge in [-0.2, -0.15) is 0 Å². The van der Waals surface area contributed by atoms with Crippen molar-refractivity contribution in [3.05, 3.63) is 82.3 Å². The van der Waals surface area contributed by atoms with Crippen molar-refractivity contribution in [1.82, 2.24) is 19.9 Å². The van der Waals surface area contributed by atoms with E-state index < -0.39 is 0 Å². The van der Waals surface area contributed by atoms with Crippen LogP contribution in [0, 0.1) is 5.82 Å². The van der Waals surface area contributed by atoms with Crippen LogP contribution in [0.4, 0.5) is 4.39 Å². The number of halogens is 1. The van der Waals surface area contributed by atoms with E-state index in [0.29, 0.717) is 5.82 Å². The van der Waals surface area contributed by atoms with Gasteiger partial charge < -0.3 is 4.98 Å². The smallest absolute Gasteiger partial charge is 0.251 e. The summed E-state index contributed by atoms with van der Waals surface area (Å²) in [6.45, 7) is 2.54. The second-order valence-electron chi connectivity index (χ2n) is 6.60. The summed E-state index contributed by atoms with van der Waals surface area (Å²) in [6, 6.07) is 11.9. The predicted molar refractivity (Wildman–Crippen MR) is 97.1 cm³/mol. The zero-order valence-electron chi connectivity index (χ0n) is 14.2. The molecule has 0 spiro atoms. The number of hydrogen-bond acceptors (Lipinski definition) is 4. The highest BCUT2D eigenvalue weighted by molar-refractivity contribution is 5.53. The van der Waals surface area contributed by atoms with Crippen LogP contribution in [0.15, 0.2) is 59.7 Å². The molecule has 5 nitrogen and oxygen atoms in total. The van der Waals surface area contributed by atoms with Crippen LogP contribution in [0.2, 0.25) is 0 Å². The maximum atomic E-state index is 13.0. The number of hydrogen-bond donors (Lipinski definition) is 1. The fourth-order valence-electron chi connectivity index (χ4n) is 3.40. The van der Waals surface area contributed by atoms with Crippen molar-refractivity contribution >= 4 is 0 Å². The quantitative estimate of drug-likeness (QED) is 0.786. The molecule has 0 aliphatic carbocycles. The average Bonchev–Trinajstić information content (AvgIpc) is 3.12. The molecule has 3 heterocycles. The zero-order valence-corrected chi connectivity index (χ0v) is 14.2. The Hall–Kier alpha value is -2.86. The summed E-state index contributed by atoms with van der Waals surface area (Å²) in [5.74, 6) is 0.578. The van der Waals surface area contributed by atoms with Gasteiger partial charge in [0.15, 0.2) is 0 Å². The van der Waals surface area contributed by atoms with E-state index in [-0.39, 0.29) is 17.3 Å². The van der Waals surface area contributed by atoms with Gasteiger partial charge in [-0.15, -0.1) is 0 Å². The van der Waals surface area contributed by atoms with Gasteiger partial charge >= 0.3 is 0 Å². The van der Waals surface area contributed by atoms with Crippen molar-refractivity contribution in [3.63, 3.8) is 0 Å². The van der Waals surface area contributed by atoms with Crippen LogP contribution < -0.4 is 5.56 Å². The van der Waals surface area contributed by atoms with Gasteiger partial charge in [-0.3, -0.25) is 14.7 Å². The minimum atomic E-state index is -0.218. The molecule has 1 aromatic carbocycles. The van der Waals surface area contributed by atoms with Crippen LogP contribution in [0.3, 0.4) is 0 Å². The van der Waals surface area contributed by atoms with Gasteiger partial charge in [0, 0.05) is 43.0 Å². The molecule has 3 aromatic rings. The summed E-state index contributed by atoms with van der Waals surface area (Å²) in [6.07, 6.45) is 4.32. The molecule has 0 saturated carbocycles. The summed E-state index contributed by atoms with van der Waals surface area (Å²) < 4.78 is 13.0. The van der Waals surface area contributed by atoms with E-state index in [0.717, 1.165) is 42.9 Å². The van der Waals surface area contributed by atoms with Gasteiger partial charge in [-0.25, -0.2) is 9.37 Å². The Morgan fingerprint density at radius 1 is 1.15 bits per heavy atom. The van der Waals surface area contributed by atoms with Crippen molar-refractivity contribution in [2.45, 2.75) is 18.9 Å². The standard InChI is InChI=1S/C20H19FN4O/c21-17-3-1-14(2-4-17)12-25-10-7-16(13-25)18-11-19(26)24-20(23-18)15-5-8-22-9-6-15/h1-6,8-9,11,16H,7,10,12-13H2,(H,23,24,26)/t16-/m1/s1. The lowest BCUT2D eigenvalue weighted by molar-refractivity contribution is 0.326. The molecule has 6 heteroatoms. The largest absolute Gasteiger partial charge is 0.307 e. The topological polar surface area (TPSA) is 61.9 Å². The van der Waals surface area contributed by atoms with Crippen LogP contribution in [0.1, 0.15) is 23.6 Å². The van der Waals surface area contributed by atoms with Crippen LogP contribution in [0.25, 0.3) is 11.4 Å². The molecule has 2 aromatic heterocycles. The lowest BCUT2D eigenvalue weighted by Gasteiger charge is -2.16. The normalized spacial score (nSPS) is 17.5. The first kappa shape index (κ1) is 16.6. The second-order valence-corrected chi connectivity index (χ2v) is 6.60. The Kier molecular flexibility index (Phi) is 4.58. The van der Waals surface area contributed by atoms with Crippen molar-refractivity contribution in [1.29, 1.82) is 0 Å². The summed E-state index contributed by atoms with van der Waals surface area (Å²) in [5.41, 5.74) is 2.62. The van der Waals surface area contributed by atoms with Crippen LogP contribution >= 0.6 is 0 Å². The van der Waals surface area contributed by atoms with Crippen LogP contribution in [-0.2, 0) is 6.54 Å². The van der Waals surface area contributed by atoms with Crippen LogP contribution in [0.5, 0.6) is 0 Å². The molecule has 0 radical (unpaired) electrons.